The fourth-order valence-corrected chi connectivity index (χ4v) is 3.09. The van der Waals surface area contributed by atoms with E-state index in [4.69, 9.17) is 4.74 Å². The Kier molecular flexibility index (Phi) is 5.20. The average molecular weight is 327 g/mol. The van der Waals surface area contributed by atoms with E-state index in [1.165, 1.54) is 5.69 Å². The minimum atomic E-state index is 0.0526. The molecule has 2 heterocycles. The Morgan fingerprint density at radius 3 is 2.54 bits per heavy atom. The summed E-state index contributed by atoms with van der Waals surface area (Å²) in [6, 6.07) is 12.0. The van der Waals surface area contributed by atoms with E-state index in [2.05, 4.69) is 21.9 Å². The van der Waals surface area contributed by atoms with Gasteiger partial charge in [0.25, 0.3) is 5.56 Å². The molecule has 1 aromatic heterocycles. The molecule has 0 spiro atoms. The predicted octanol–water partition coefficient (Wildman–Crippen LogP) is 2.11. The summed E-state index contributed by atoms with van der Waals surface area (Å²) in [6.45, 7) is 7.42. The summed E-state index contributed by atoms with van der Waals surface area (Å²) in [5.41, 5.74) is 2.31. The summed E-state index contributed by atoms with van der Waals surface area (Å²) >= 11 is 0. The van der Waals surface area contributed by atoms with Crippen LogP contribution in [0, 0.1) is 0 Å². The zero-order chi connectivity index (χ0) is 16.9. The molecule has 0 bridgehead atoms. The van der Waals surface area contributed by atoms with Crippen LogP contribution in [0.2, 0.25) is 0 Å². The number of rotatable bonds is 5. The van der Waals surface area contributed by atoms with E-state index in [0.29, 0.717) is 6.61 Å². The first-order valence-corrected chi connectivity index (χ1v) is 8.52. The highest BCUT2D eigenvalue weighted by molar-refractivity contribution is 5.58. The zero-order valence-electron chi connectivity index (χ0n) is 14.4. The number of pyridine rings is 1. The number of benzene rings is 1. The summed E-state index contributed by atoms with van der Waals surface area (Å²) in [4.78, 5) is 16.5. The quantitative estimate of drug-likeness (QED) is 0.843. The lowest BCUT2D eigenvalue weighted by Gasteiger charge is -2.36. The second-order valence-corrected chi connectivity index (χ2v) is 6.15. The fraction of sp³-hybridized carbons (Fsp3) is 0.421. The molecule has 2 aromatic rings. The molecular weight excluding hydrogens is 302 g/mol. The Morgan fingerprint density at radius 1 is 1.08 bits per heavy atom. The number of anilines is 1. The summed E-state index contributed by atoms with van der Waals surface area (Å²) in [6.07, 6.45) is 1.84. The second-order valence-electron chi connectivity index (χ2n) is 6.15. The van der Waals surface area contributed by atoms with Crippen molar-refractivity contribution in [2.45, 2.75) is 13.5 Å². The molecule has 1 aliphatic heterocycles. The van der Waals surface area contributed by atoms with Gasteiger partial charge in [-0.1, -0.05) is 12.1 Å². The van der Waals surface area contributed by atoms with Crippen LogP contribution in [-0.2, 0) is 13.6 Å². The van der Waals surface area contributed by atoms with Gasteiger partial charge in [0.2, 0.25) is 0 Å². The van der Waals surface area contributed by atoms with Crippen LogP contribution in [0.1, 0.15) is 12.5 Å². The van der Waals surface area contributed by atoms with Gasteiger partial charge in [0.05, 0.1) is 12.3 Å². The van der Waals surface area contributed by atoms with Gasteiger partial charge < -0.3 is 14.2 Å². The van der Waals surface area contributed by atoms with Gasteiger partial charge in [0.1, 0.15) is 5.75 Å². The first-order valence-electron chi connectivity index (χ1n) is 8.52. The number of ether oxygens (including phenoxy) is 1. The van der Waals surface area contributed by atoms with Crippen LogP contribution in [0.15, 0.2) is 47.4 Å². The maximum atomic E-state index is 11.7. The lowest BCUT2D eigenvalue weighted by Crippen LogP contribution is -2.46. The van der Waals surface area contributed by atoms with Crippen LogP contribution in [0.4, 0.5) is 5.69 Å². The van der Waals surface area contributed by atoms with Gasteiger partial charge in [-0.2, -0.15) is 0 Å². The van der Waals surface area contributed by atoms with Crippen molar-refractivity contribution in [3.63, 3.8) is 0 Å². The van der Waals surface area contributed by atoms with Crippen LogP contribution >= 0.6 is 0 Å². The van der Waals surface area contributed by atoms with Crippen molar-refractivity contribution in [3.05, 3.63) is 58.5 Å². The molecule has 5 heteroatoms. The third kappa shape index (κ3) is 3.79. The lowest BCUT2D eigenvalue weighted by atomic mass is 10.2. The van der Waals surface area contributed by atoms with E-state index >= 15 is 0 Å². The molecule has 0 N–H and O–H groups in total. The molecule has 1 aromatic carbocycles. The molecular formula is C19H25N3O2. The number of aromatic nitrogens is 1. The topological polar surface area (TPSA) is 37.7 Å². The van der Waals surface area contributed by atoms with Gasteiger partial charge in [-0.15, -0.1) is 0 Å². The van der Waals surface area contributed by atoms with Crippen molar-refractivity contribution in [3.8, 4) is 5.75 Å². The lowest BCUT2D eigenvalue weighted by molar-refractivity contribution is 0.248. The zero-order valence-corrected chi connectivity index (χ0v) is 14.4. The van der Waals surface area contributed by atoms with Crippen LogP contribution in [0.3, 0.4) is 0 Å². The van der Waals surface area contributed by atoms with Crippen molar-refractivity contribution >= 4 is 5.69 Å². The largest absolute Gasteiger partial charge is 0.492 e. The molecule has 128 valence electrons. The van der Waals surface area contributed by atoms with Gasteiger partial charge in [-0.05, 0) is 30.7 Å². The number of aryl methyl sites for hydroxylation is 1. The number of hydrogen-bond acceptors (Lipinski definition) is 4. The van der Waals surface area contributed by atoms with Crippen molar-refractivity contribution in [1.82, 2.24) is 9.47 Å². The van der Waals surface area contributed by atoms with E-state index in [9.17, 15) is 4.79 Å². The highest BCUT2D eigenvalue weighted by atomic mass is 16.5. The Morgan fingerprint density at radius 2 is 1.83 bits per heavy atom. The number of nitrogens with zero attached hydrogens (tertiary/aromatic N) is 3. The highest BCUT2D eigenvalue weighted by Gasteiger charge is 2.19. The standard InChI is InChI=1S/C19H25N3O2/c1-3-24-18-7-5-4-6-17(18)22-12-10-21(11-13-22)15-16-8-9-20(2)19(23)14-16/h4-9,14H,3,10-13,15H2,1-2H3. The monoisotopic (exact) mass is 327 g/mol. The van der Waals surface area contributed by atoms with Crippen molar-refractivity contribution in [2.75, 3.05) is 37.7 Å². The third-order valence-electron chi connectivity index (χ3n) is 4.45. The molecule has 3 rings (SSSR count). The molecule has 0 unspecified atom stereocenters. The molecule has 0 radical (unpaired) electrons. The SMILES string of the molecule is CCOc1ccccc1N1CCN(Cc2ccn(C)c(=O)c2)CC1. The Bertz CT molecular complexity index is 733. The summed E-state index contributed by atoms with van der Waals surface area (Å²) < 4.78 is 7.35. The summed E-state index contributed by atoms with van der Waals surface area (Å²) in [5.74, 6) is 0.958. The molecule has 0 saturated carbocycles. The second kappa shape index (κ2) is 7.53. The molecule has 1 aliphatic rings. The molecule has 5 nitrogen and oxygen atoms in total. The van der Waals surface area contributed by atoms with Crippen molar-refractivity contribution in [2.24, 2.45) is 7.05 Å². The van der Waals surface area contributed by atoms with E-state index in [0.717, 1.165) is 44.0 Å². The van der Waals surface area contributed by atoms with Crippen LogP contribution in [-0.4, -0.2) is 42.3 Å². The van der Waals surface area contributed by atoms with Gasteiger partial charge in [-0.25, -0.2) is 0 Å². The van der Waals surface area contributed by atoms with Crippen LogP contribution in [0.25, 0.3) is 0 Å². The minimum Gasteiger partial charge on any atom is -0.492 e. The van der Waals surface area contributed by atoms with E-state index in [-0.39, 0.29) is 5.56 Å². The van der Waals surface area contributed by atoms with Crippen LogP contribution in [0.5, 0.6) is 5.75 Å². The normalized spacial score (nSPS) is 15.5. The number of para-hydroxylation sites is 2. The van der Waals surface area contributed by atoms with Crippen molar-refractivity contribution in [1.29, 1.82) is 0 Å². The first kappa shape index (κ1) is 16.6. The predicted molar refractivity (Wildman–Crippen MR) is 96.8 cm³/mol. The van der Waals surface area contributed by atoms with E-state index < -0.39 is 0 Å². The minimum absolute atomic E-state index is 0.0526. The molecule has 0 atom stereocenters. The molecule has 0 aliphatic carbocycles. The van der Waals surface area contributed by atoms with Gasteiger partial charge >= 0.3 is 0 Å². The number of piperazine rings is 1. The van der Waals surface area contributed by atoms with Gasteiger partial charge in [-0.3, -0.25) is 9.69 Å². The molecule has 1 saturated heterocycles. The first-order chi connectivity index (χ1) is 11.7. The maximum Gasteiger partial charge on any atom is 0.250 e. The average Bonchev–Trinajstić information content (AvgIpc) is 2.60. The van der Waals surface area contributed by atoms with Gasteiger partial charge in [0, 0.05) is 52.0 Å². The molecule has 0 amide bonds. The molecule has 1 fully saturated rings. The Labute approximate surface area is 143 Å². The third-order valence-corrected chi connectivity index (χ3v) is 4.45. The Balaban J connectivity index is 1.61. The van der Waals surface area contributed by atoms with E-state index in [1.54, 1.807) is 17.7 Å². The number of hydrogen-bond donors (Lipinski definition) is 0. The maximum absolute atomic E-state index is 11.7. The van der Waals surface area contributed by atoms with Crippen LogP contribution < -0.4 is 15.2 Å². The Hall–Kier alpha value is -2.27. The fourth-order valence-electron chi connectivity index (χ4n) is 3.09. The summed E-state index contributed by atoms with van der Waals surface area (Å²) in [5, 5.41) is 0. The summed E-state index contributed by atoms with van der Waals surface area (Å²) in [7, 11) is 1.78. The van der Waals surface area contributed by atoms with Gasteiger partial charge in [0.15, 0.2) is 0 Å². The molecule has 24 heavy (non-hydrogen) atoms. The van der Waals surface area contributed by atoms with Crippen molar-refractivity contribution < 1.29 is 4.74 Å². The highest BCUT2D eigenvalue weighted by Crippen LogP contribution is 2.28. The van der Waals surface area contributed by atoms with E-state index in [1.807, 2.05) is 31.3 Å². The smallest absolute Gasteiger partial charge is 0.250 e.